The molecule has 21 heavy (non-hydrogen) atoms. The smallest absolute Gasteiger partial charge is 0.371 e. The van der Waals surface area contributed by atoms with E-state index < -0.39 is 5.97 Å². The SMILES string of the molecule is COC(C)Cc1ccc(CCc2ccc(C(=O)O)o2)cc1. The molecule has 2 rings (SSSR count). The molecule has 112 valence electrons. The van der Waals surface area contributed by atoms with E-state index in [1.807, 2.05) is 6.92 Å². The van der Waals surface area contributed by atoms with E-state index in [9.17, 15) is 4.79 Å². The monoisotopic (exact) mass is 288 g/mol. The lowest BCUT2D eigenvalue weighted by Gasteiger charge is -2.09. The zero-order valence-corrected chi connectivity index (χ0v) is 12.3. The summed E-state index contributed by atoms with van der Waals surface area (Å²) in [5.74, 6) is -0.337. The summed E-state index contributed by atoms with van der Waals surface area (Å²) in [5.41, 5.74) is 2.45. The van der Waals surface area contributed by atoms with Crippen LogP contribution in [0.5, 0.6) is 0 Å². The second kappa shape index (κ2) is 7.09. The van der Waals surface area contributed by atoms with Gasteiger partial charge in [-0.2, -0.15) is 0 Å². The number of hydrogen-bond donors (Lipinski definition) is 1. The molecule has 1 aromatic heterocycles. The summed E-state index contributed by atoms with van der Waals surface area (Å²) in [7, 11) is 1.72. The second-order valence-corrected chi connectivity index (χ2v) is 5.14. The number of aryl methyl sites for hydroxylation is 2. The molecule has 0 aliphatic heterocycles. The Kier molecular flexibility index (Phi) is 5.17. The third kappa shape index (κ3) is 4.46. The molecule has 1 N–H and O–H groups in total. The lowest BCUT2D eigenvalue weighted by Crippen LogP contribution is -2.08. The van der Waals surface area contributed by atoms with Crippen LogP contribution in [0.2, 0.25) is 0 Å². The van der Waals surface area contributed by atoms with E-state index in [4.69, 9.17) is 14.3 Å². The van der Waals surface area contributed by atoms with Gasteiger partial charge in [0, 0.05) is 13.5 Å². The third-order valence-corrected chi connectivity index (χ3v) is 3.48. The van der Waals surface area contributed by atoms with Crippen molar-refractivity contribution in [1.29, 1.82) is 0 Å². The Morgan fingerprint density at radius 1 is 1.14 bits per heavy atom. The van der Waals surface area contributed by atoms with Crippen LogP contribution in [-0.4, -0.2) is 24.3 Å². The van der Waals surface area contributed by atoms with Crippen LogP contribution in [0.1, 0.15) is 34.4 Å². The Bertz CT molecular complexity index is 583. The van der Waals surface area contributed by atoms with Gasteiger partial charge in [-0.3, -0.25) is 0 Å². The number of hydrogen-bond acceptors (Lipinski definition) is 3. The number of carboxylic acids is 1. The van der Waals surface area contributed by atoms with Gasteiger partial charge in [-0.15, -0.1) is 0 Å². The minimum atomic E-state index is -1.03. The fourth-order valence-corrected chi connectivity index (χ4v) is 2.15. The molecule has 1 heterocycles. The lowest BCUT2D eigenvalue weighted by molar-refractivity contribution is 0.0660. The fraction of sp³-hybridized carbons (Fsp3) is 0.353. The molecule has 0 radical (unpaired) electrons. The minimum absolute atomic E-state index is 0.00565. The first-order chi connectivity index (χ1) is 10.1. The van der Waals surface area contributed by atoms with Crippen molar-refractivity contribution in [2.24, 2.45) is 0 Å². The van der Waals surface area contributed by atoms with Crippen molar-refractivity contribution in [3.05, 3.63) is 59.0 Å². The van der Waals surface area contributed by atoms with E-state index in [1.54, 1.807) is 13.2 Å². The van der Waals surface area contributed by atoms with Crippen LogP contribution in [0.25, 0.3) is 0 Å². The maximum atomic E-state index is 10.7. The van der Waals surface area contributed by atoms with Crippen LogP contribution >= 0.6 is 0 Å². The van der Waals surface area contributed by atoms with E-state index in [2.05, 4.69) is 24.3 Å². The molecule has 1 atom stereocenters. The molecule has 0 amide bonds. The highest BCUT2D eigenvalue weighted by Crippen LogP contribution is 2.13. The summed E-state index contributed by atoms with van der Waals surface area (Å²) in [4.78, 5) is 10.7. The first kappa shape index (κ1) is 15.3. The van der Waals surface area contributed by atoms with Gasteiger partial charge in [-0.05, 0) is 43.0 Å². The number of furan rings is 1. The van der Waals surface area contributed by atoms with Gasteiger partial charge in [0.05, 0.1) is 6.10 Å². The molecule has 0 spiro atoms. The Morgan fingerprint density at radius 3 is 2.38 bits per heavy atom. The maximum Gasteiger partial charge on any atom is 0.371 e. The molecular weight excluding hydrogens is 268 g/mol. The molecule has 0 saturated heterocycles. The van der Waals surface area contributed by atoms with Crippen LogP contribution in [0, 0.1) is 0 Å². The summed E-state index contributed by atoms with van der Waals surface area (Å²) in [6.07, 6.45) is 2.64. The van der Waals surface area contributed by atoms with Crippen molar-refractivity contribution in [3.63, 3.8) is 0 Å². The summed E-state index contributed by atoms with van der Waals surface area (Å²) < 4.78 is 10.5. The summed E-state index contributed by atoms with van der Waals surface area (Å²) in [6.45, 7) is 2.05. The van der Waals surface area contributed by atoms with Crippen molar-refractivity contribution in [2.45, 2.75) is 32.3 Å². The maximum absolute atomic E-state index is 10.7. The standard InChI is InChI=1S/C17H20O4/c1-12(20-2)11-14-5-3-13(4-6-14)7-8-15-9-10-16(21-15)17(18)19/h3-6,9-10,12H,7-8,11H2,1-2H3,(H,18,19). The van der Waals surface area contributed by atoms with Gasteiger partial charge in [0.1, 0.15) is 5.76 Å². The van der Waals surface area contributed by atoms with Gasteiger partial charge in [0.15, 0.2) is 0 Å². The highest BCUT2D eigenvalue weighted by atomic mass is 16.5. The quantitative estimate of drug-likeness (QED) is 0.849. The van der Waals surface area contributed by atoms with E-state index in [1.165, 1.54) is 17.2 Å². The summed E-state index contributed by atoms with van der Waals surface area (Å²) >= 11 is 0. The first-order valence-electron chi connectivity index (χ1n) is 7.01. The molecule has 1 unspecified atom stereocenters. The number of ether oxygens (including phenoxy) is 1. The Hall–Kier alpha value is -2.07. The van der Waals surface area contributed by atoms with Crippen molar-refractivity contribution in [1.82, 2.24) is 0 Å². The number of carboxylic acid groups (broad SMARTS) is 1. The summed E-state index contributed by atoms with van der Waals surface area (Å²) in [5, 5.41) is 8.80. The predicted octanol–water partition coefficient (Wildman–Crippen LogP) is 3.34. The van der Waals surface area contributed by atoms with Crippen molar-refractivity contribution >= 4 is 5.97 Å². The van der Waals surface area contributed by atoms with Gasteiger partial charge < -0.3 is 14.3 Å². The second-order valence-electron chi connectivity index (χ2n) is 5.14. The molecule has 0 bridgehead atoms. The van der Waals surface area contributed by atoms with Crippen LogP contribution in [-0.2, 0) is 24.0 Å². The molecule has 0 aliphatic carbocycles. The molecule has 0 saturated carbocycles. The van der Waals surface area contributed by atoms with Gasteiger partial charge in [0.25, 0.3) is 0 Å². The predicted molar refractivity (Wildman–Crippen MR) is 79.7 cm³/mol. The molecule has 2 aromatic rings. The topological polar surface area (TPSA) is 59.7 Å². The van der Waals surface area contributed by atoms with Gasteiger partial charge in [0.2, 0.25) is 5.76 Å². The van der Waals surface area contributed by atoms with Crippen LogP contribution < -0.4 is 0 Å². The van der Waals surface area contributed by atoms with E-state index in [0.717, 1.165) is 12.8 Å². The van der Waals surface area contributed by atoms with Crippen LogP contribution in [0.4, 0.5) is 0 Å². The van der Waals surface area contributed by atoms with Crippen molar-refractivity contribution in [2.75, 3.05) is 7.11 Å². The largest absolute Gasteiger partial charge is 0.475 e. The van der Waals surface area contributed by atoms with E-state index in [-0.39, 0.29) is 11.9 Å². The van der Waals surface area contributed by atoms with E-state index in [0.29, 0.717) is 12.2 Å². The molecule has 4 nitrogen and oxygen atoms in total. The Morgan fingerprint density at radius 2 is 1.81 bits per heavy atom. The number of aromatic carboxylic acids is 1. The normalized spacial score (nSPS) is 12.3. The van der Waals surface area contributed by atoms with Crippen LogP contribution in [0.3, 0.4) is 0 Å². The van der Waals surface area contributed by atoms with Crippen molar-refractivity contribution < 1.29 is 19.1 Å². The number of rotatable bonds is 7. The third-order valence-electron chi connectivity index (χ3n) is 3.48. The van der Waals surface area contributed by atoms with Crippen molar-refractivity contribution in [3.8, 4) is 0 Å². The number of carbonyl (C=O) groups is 1. The van der Waals surface area contributed by atoms with Gasteiger partial charge in [-0.1, -0.05) is 24.3 Å². The lowest BCUT2D eigenvalue weighted by atomic mass is 10.0. The average Bonchev–Trinajstić information content (AvgIpc) is 2.95. The minimum Gasteiger partial charge on any atom is -0.475 e. The highest BCUT2D eigenvalue weighted by molar-refractivity contribution is 5.84. The Balaban J connectivity index is 1.89. The molecule has 4 heteroatoms. The number of methoxy groups -OCH3 is 1. The first-order valence-corrected chi connectivity index (χ1v) is 7.01. The molecule has 1 aromatic carbocycles. The zero-order chi connectivity index (χ0) is 15.2. The zero-order valence-electron chi connectivity index (χ0n) is 12.3. The fourth-order valence-electron chi connectivity index (χ4n) is 2.15. The average molecular weight is 288 g/mol. The highest BCUT2D eigenvalue weighted by Gasteiger charge is 2.09. The van der Waals surface area contributed by atoms with E-state index >= 15 is 0 Å². The summed E-state index contributed by atoms with van der Waals surface area (Å²) in [6, 6.07) is 11.6. The Labute approximate surface area is 124 Å². The van der Waals surface area contributed by atoms with Gasteiger partial charge >= 0.3 is 5.97 Å². The molecule has 0 fully saturated rings. The molecule has 0 aliphatic rings. The molecular formula is C17H20O4. The van der Waals surface area contributed by atoms with Gasteiger partial charge in [-0.25, -0.2) is 4.79 Å². The van der Waals surface area contributed by atoms with Crippen LogP contribution in [0.15, 0.2) is 40.8 Å². The number of benzene rings is 1.